The summed E-state index contributed by atoms with van der Waals surface area (Å²) in [6.07, 6.45) is 7.50. The van der Waals surface area contributed by atoms with E-state index in [0.717, 1.165) is 16.5 Å². The number of pyridine rings is 2. The second-order valence-corrected chi connectivity index (χ2v) is 5.63. The van der Waals surface area contributed by atoms with Crippen molar-refractivity contribution in [2.75, 3.05) is 6.54 Å². The van der Waals surface area contributed by atoms with E-state index in [2.05, 4.69) is 10.3 Å². The van der Waals surface area contributed by atoms with Crippen LogP contribution in [0.1, 0.15) is 12.0 Å². The molecule has 126 valence electrons. The summed E-state index contributed by atoms with van der Waals surface area (Å²) in [4.78, 5) is 27.8. The Hall–Kier alpha value is -3.21. The van der Waals surface area contributed by atoms with Gasteiger partial charge in [-0.25, -0.2) is 0 Å². The first-order valence-electron chi connectivity index (χ1n) is 8.19. The summed E-state index contributed by atoms with van der Waals surface area (Å²) in [6.45, 7) is 1.10. The number of aromatic nitrogens is 2. The molecule has 2 aromatic heterocycles. The van der Waals surface area contributed by atoms with Crippen molar-refractivity contribution in [3.8, 4) is 0 Å². The number of aryl methyl sites for hydroxylation is 1. The second kappa shape index (κ2) is 8.06. The van der Waals surface area contributed by atoms with Gasteiger partial charge < -0.3 is 9.88 Å². The van der Waals surface area contributed by atoms with Crippen LogP contribution in [0.5, 0.6) is 0 Å². The zero-order chi connectivity index (χ0) is 17.5. The van der Waals surface area contributed by atoms with Crippen molar-refractivity contribution >= 4 is 22.9 Å². The first kappa shape index (κ1) is 16.6. The molecule has 1 amide bonds. The van der Waals surface area contributed by atoms with E-state index in [1.807, 2.05) is 36.4 Å². The smallest absolute Gasteiger partial charge is 0.250 e. The van der Waals surface area contributed by atoms with Crippen molar-refractivity contribution in [3.05, 3.63) is 82.9 Å². The maximum absolute atomic E-state index is 11.9. The van der Waals surface area contributed by atoms with Crippen LogP contribution in [0.25, 0.3) is 17.0 Å². The maximum atomic E-state index is 11.9. The molecule has 0 radical (unpaired) electrons. The number of rotatable bonds is 6. The van der Waals surface area contributed by atoms with E-state index in [0.29, 0.717) is 19.5 Å². The molecule has 5 nitrogen and oxygen atoms in total. The van der Waals surface area contributed by atoms with Gasteiger partial charge in [0.1, 0.15) is 0 Å². The zero-order valence-electron chi connectivity index (χ0n) is 13.8. The highest BCUT2D eigenvalue weighted by Crippen LogP contribution is 2.17. The van der Waals surface area contributed by atoms with Gasteiger partial charge in [0.15, 0.2) is 0 Å². The number of carbonyl (C=O) groups excluding carboxylic acids is 1. The monoisotopic (exact) mass is 333 g/mol. The van der Waals surface area contributed by atoms with Gasteiger partial charge >= 0.3 is 0 Å². The van der Waals surface area contributed by atoms with Crippen LogP contribution >= 0.6 is 0 Å². The SMILES string of the molecule is O=C(C=Cc1ccnc2ccccc12)NCCCn1ccccc1=O. The van der Waals surface area contributed by atoms with Crippen LogP contribution in [0.4, 0.5) is 0 Å². The van der Waals surface area contributed by atoms with Crippen LogP contribution in [-0.2, 0) is 11.3 Å². The molecule has 25 heavy (non-hydrogen) atoms. The molecule has 0 fully saturated rings. The highest BCUT2D eigenvalue weighted by atomic mass is 16.1. The van der Waals surface area contributed by atoms with E-state index in [4.69, 9.17) is 0 Å². The molecule has 0 aliphatic carbocycles. The second-order valence-electron chi connectivity index (χ2n) is 5.63. The van der Waals surface area contributed by atoms with E-state index in [9.17, 15) is 9.59 Å². The summed E-state index contributed by atoms with van der Waals surface area (Å²) in [7, 11) is 0. The van der Waals surface area contributed by atoms with E-state index in [-0.39, 0.29) is 11.5 Å². The van der Waals surface area contributed by atoms with Gasteiger partial charge in [-0.2, -0.15) is 0 Å². The third kappa shape index (κ3) is 4.41. The van der Waals surface area contributed by atoms with Crippen LogP contribution in [-0.4, -0.2) is 22.0 Å². The molecule has 3 rings (SSSR count). The first-order valence-corrected chi connectivity index (χ1v) is 8.19. The van der Waals surface area contributed by atoms with E-state index >= 15 is 0 Å². The minimum atomic E-state index is -0.152. The number of fused-ring (bicyclic) bond motifs is 1. The lowest BCUT2D eigenvalue weighted by Gasteiger charge is -2.05. The molecule has 0 aliphatic heterocycles. The van der Waals surface area contributed by atoms with Gasteiger partial charge in [0.25, 0.3) is 0 Å². The van der Waals surface area contributed by atoms with Crippen LogP contribution in [0.2, 0.25) is 0 Å². The lowest BCUT2D eigenvalue weighted by Crippen LogP contribution is -2.25. The highest BCUT2D eigenvalue weighted by Gasteiger charge is 2.00. The fraction of sp³-hybridized carbons (Fsp3) is 0.150. The van der Waals surface area contributed by atoms with Crippen molar-refractivity contribution in [1.82, 2.24) is 14.9 Å². The standard InChI is InChI=1S/C20H19N3O2/c24-19(22-12-5-15-23-14-4-3-8-20(23)25)10-9-16-11-13-21-18-7-2-1-6-17(16)18/h1-4,6-11,13-14H,5,12,15H2,(H,22,24). The van der Waals surface area contributed by atoms with Crippen LogP contribution < -0.4 is 10.9 Å². The number of hydrogen-bond acceptors (Lipinski definition) is 3. The van der Waals surface area contributed by atoms with Gasteiger partial charge in [0.05, 0.1) is 5.52 Å². The number of nitrogens with zero attached hydrogens (tertiary/aromatic N) is 2. The Kier molecular flexibility index (Phi) is 5.36. The zero-order valence-corrected chi connectivity index (χ0v) is 13.8. The third-order valence-corrected chi connectivity index (χ3v) is 3.87. The lowest BCUT2D eigenvalue weighted by atomic mass is 10.1. The Bertz CT molecular complexity index is 955. The molecule has 1 aromatic carbocycles. The summed E-state index contributed by atoms with van der Waals surface area (Å²) in [6, 6.07) is 14.8. The lowest BCUT2D eigenvalue weighted by molar-refractivity contribution is -0.116. The highest BCUT2D eigenvalue weighted by molar-refractivity contribution is 5.95. The number of nitrogens with one attached hydrogen (secondary N) is 1. The van der Waals surface area contributed by atoms with Gasteiger partial charge in [-0.05, 0) is 36.3 Å². The maximum Gasteiger partial charge on any atom is 0.250 e. The minimum absolute atomic E-state index is 0.0294. The average molecular weight is 333 g/mol. The quantitative estimate of drug-likeness (QED) is 0.557. The Balaban J connectivity index is 1.53. The molecular formula is C20H19N3O2. The van der Waals surface area contributed by atoms with Crippen molar-refractivity contribution in [2.24, 2.45) is 0 Å². The molecule has 0 spiro atoms. The molecule has 0 saturated heterocycles. The first-order chi connectivity index (χ1) is 12.2. The Labute approximate surface area is 145 Å². The van der Waals surface area contributed by atoms with Crippen molar-refractivity contribution in [1.29, 1.82) is 0 Å². The fourth-order valence-electron chi connectivity index (χ4n) is 2.59. The van der Waals surface area contributed by atoms with E-state index in [1.165, 1.54) is 12.1 Å². The fourth-order valence-corrected chi connectivity index (χ4v) is 2.59. The molecule has 0 saturated carbocycles. The average Bonchev–Trinajstić information content (AvgIpc) is 2.65. The van der Waals surface area contributed by atoms with Crippen molar-refractivity contribution in [2.45, 2.75) is 13.0 Å². The van der Waals surface area contributed by atoms with Crippen LogP contribution in [0.15, 0.2) is 71.8 Å². The van der Waals surface area contributed by atoms with Crippen molar-refractivity contribution < 1.29 is 4.79 Å². The van der Waals surface area contributed by atoms with E-state index in [1.54, 1.807) is 29.1 Å². The van der Waals surface area contributed by atoms with Gasteiger partial charge in [-0.1, -0.05) is 24.3 Å². The summed E-state index contributed by atoms with van der Waals surface area (Å²) >= 11 is 0. The largest absolute Gasteiger partial charge is 0.352 e. The van der Waals surface area contributed by atoms with Gasteiger partial charge in [0, 0.05) is 43.0 Å². The van der Waals surface area contributed by atoms with Gasteiger partial charge in [0.2, 0.25) is 11.5 Å². The summed E-state index contributed by atoms with van der Waals surface area (Å²) in [5.74, 6) is -0.152. The van der Waals surface area contributed by atoms with Gasteiger partial charge in [-0.15, -0.1) is 0 Å². The number of amides is 1. The Morgan fingerprint density at radius 3 is 2.84 bits per heavy atom. The van der Waals surface area contributed by atoms with Crippen LogP contribution in [0, 0.1) is 0 Å². The predicted octanol–water partition coefficient (Wildman–Crippen LogP) is 2.62. The molecule has 0 atom stereocenters. The number of hydrogen-bond donors (Lipinski definition) is 1. The van der Waals surface area contributed by atoms with Crippen molar-refractivity contribution in [3.63, 3.8) is 0 Å². The van der Waals surface area contributed by atoms with Crippen LogP contribution in [0.3, 0.4) is 0 Å². The number of para-hydroxylation sites is 1. The predicted molar refractivity (Wildman–Crippen MR) is 99.1 cm³/mol. The Morgan fingerprint density at radius 1 is 1.12 bits per heavy atom. The number of carbonyl (C=O) groups is 1. The van der Waals surface area contributed by atoms with Gasteiger partial charge in [-0.3, -0.25) is 14.6 Å². The Morgan fingerprint density at radius 2 is 1.96 bits per heavy atom. The molecule has 0 aliphatic rings. The third-order valence-electron chi connectivity index (χ3n) is 3.87. The molecular weight excluding hydrogens is 314 g/mol. The molecule has 0 bridgehead atoms. The molecule has 1 N–H and O–H groups in total. The normalized spacial score (nSPS) is 11.0. The molecule has 2 heterocycles. The summed E-state index contributed by atoms with van der Waals surface area (Å²) in [5.41, 5.74) is 1.83. The number of benzene rings is 1. The minimum Gasteiger partial charge on any atom is -0.352 e. The summed E-state index contributed by atoms with van der Waals surface area (Å²) < 4.78 is 1.63. The topological polar surface area (TPSA) is 64.0 Å². The molecule has 0 unspecified atom stereocenters. The molecule has 5 heteroatoms. The summed E-state index contributed by atoms with van der Waals surface area (Å²) in [5, 5.41) is 3.85. The molecule has 3 aromatic rings. The van der Waals surface area contributed by atoms with E-state index < -0.39 is 0 Å².